The van der Waals surface area contributed by atoms with E-state index in [0.29, 0.717) is 34.7 Å². The van der Waals surface area contributed by atoms with Crippen molar-refractivity contribution in [3.8, 4) is 17.2 Å². The maximum Gasteiger partial charge on any atom is 0.261 e. The first-order valence-corrected chi connectivity index (χ1v) is 8.57. The third kappa shape index (κ3) is 3.90. The minimum absolute atomic E-state index is 0.148. The predicted molar refractivity (Wildman–Crippen MR) is 104 cm³/mol. The van der Waals surface area contributed by atoms with E-state index in [0.717, 1.165) is 5.56 Å². The molecule has 1 heterocycles. The summed E-state index contributed by atoms with van der Waals surface area (Å²) in [6.07, 6.45) is 1.35. The van der Waals surface area contributed by atoms with Crippen LogP contribution in [0.2, 0.25) is 0 Å². The van der Waals surface area contributed by atoms with Gasteiger partial charge in [-0.15, -0.1) is 0 Å². The van der Waals surface area contributed by atoms with Crippen LogP contribution < -0.4 is 25.1 Å². The molecule has 3 aromatic rings. The first kappa shape index (κ1) is 19.2. The normalized spacial score (nSPS) is 10.5. The lowest BCUT2D eigenvalue weighted by molar-refractivity contribution is -0.121. The number of carbonyl (C=O) groups excluding carboxylic acids is 1. The van der Waals surface area contributed by atoms with Gasteiger partial charge in [-0.25, -0.2) is 4.98 Å². The van der Waals surface area contributed by atoms with Crippen LogP contribution in [-0.2, 0) is 17.9 Å². The first-order chi connectivity index (χ1) is 13.6. The molecule has 0 spiro atoms. The van der Waals surface area contributed by atoms with Crippen LogP contribution in [-0.4, -0.2) is 36.8 Å². The standard InChI is InChI=1S/C20H21N3O5/c1-26-16-7-5-4-6-13(16)10-21-19(24)11-23-12-22-15-9-18(28-3)17(27-2)8-14(15)20(23)25/h4-9,12H,10-11H2,1-3H3,(H,21,24). The predicted octanol–water partition coefficient (Wildman–Crippen LogP) is 1.74. The second-order valence-corrected chi connectivity index (χ2v) is 5.99. The molecule has 0 fully saturated rings. The van der Waals surface area contributed by atoms with Gasteiger partial charge in [0.25, 0.3) is 5.56 Å². The smallest absolute Gasteiger partial charge is 0.261 e. The highest BCUT2D eigenvalue weighted by Crippen LogP contribution is 2.29. The van der Waals surface area contributed by atoms with E-state index in [1.807, 2.05) is 24.3 Å². The molecule has 0 unspecified atom stereocenters. The van der Waals surface area contributed by atoms with Crippen LogP contribution >= 0.6 is 0 Å². The van der Waals surface area contributed by atoms with Crippen LogP contribution in [0.4, 0.5) is 0 Å². The van der Waals surface area contributed by atoms with Gasteiger partial charge in [0, 0.05) is 18.2 Å². The second kappa shape index (κ2) is 8.43. The van der Waals surface area contributed by atoms with Crippen molar-refractivity contribution >= 4 is 16.8 Å². The third-order valence-corrected chi connectivity index (χ3v) is 4.31. The van der Waals surface area contributed by atoms with E-state index in [9.17, 15) is 9.59 Å². The van der Waals surface area contributed by atoms with Crippen molar-refractivity contribution in [1.82, 2.24) is 14.9 Å². The van der Waals surface area contributed by atoms with Gasteiger partial charge in [-0.3, -0.25) is 14.2 Å². The summed E-state index contributed by atoms with van der Waals surface area (Å²) in [5.74, 6) is 1.28. The summed E-state index contributed by atoms with van der Waals surface area (Å²) in [6, 6.07) is 10.6. The Bertz CT molecular complexity index is 1060. The second-order valence-electron chi connectivity index (χ2n) is 5.99. The fourth-order valence-electron chi connectivity index (χ4n) is 2.85. The zero-order valence-electron chi connectivity index (χ0n) is 15.9. The Hall–Kier alpha value is -3.55. The lowest BCUT2D eigenvalue weighted by Crippen LogP contribution is -2.32. The fraction of sp³-hybridized carbons (Fsp3) is 0.250. The molecule has 0 saturated carbocycles. The number of ether oxygens (including phenoxy) is 3. The van der Waals surface area contributed by atoms with Gasteiger partial charge in [-0.05, 0) is 12.1 Å². The molecule has 146 valence electrons. The number of fused-ring (bicyclic) bond motifs is 1. The van der Waals surface area contributed by atoms with E-state index in [-0.39, 0.29) is 18.0 Å². The molecule has 28 heavy (non-hydrogen) atoms. The lowest BCUT2D eigenvalue weighted by Gasteiger charge is -2.12. The summed E-state index contributed by atoms with van der Waals surface area (Å²) in [7, 11) is 4.57. The van der Waals surface area contributed by atoms with Crippen LogP contribution in [0.5, 0.6) is 17.2 Å². The minimum atomic E-state index is -0.335. The molecule has 0 aliphatic heterocycles. The topological polar surface area (TPSA) is 91.7 Å². The third-order valence-electron chi connectivity index (χ3n) is 4.31. The van der Waals surface area contributed by atoms with Gasteiger partial charge < -0.3 is 19.5 Å². The number of methoxy groups -OCH3 is 3. The molecule has 1 aromatic heterocycles. The maximum atomic E-state index is 12.7. The molecular weight excluding hydrogens is 362 g/mol. The van der Waals surface area contributed by atoms with Crippen molar-refractivity contribution in [1.29, 1.82) is 0 Å². The highest BCUT2D eigenvalue weighted by atomic mass is 16.5. The van der Waals surface area contributed by atoms with Crippen molar-refractivity contribution < 1.29 is 19.0 Å². The van der Waals surface area contributed by atoms with Crippen molar-refractivity contribution in [2.45, 2.75) is 13.1 Å². The Morgan fingerprint density at radius 3 is 2.43 bits per heavy atom. The van der Waals surface area contributed by atoms with E-state index in [1.54, 1.807) is 19.2 Å². The highest BCUT2D eigenvalue weighted by Gasteiger charge is 2.13. The number of benzene rings is 2. The zero-order valence-corrected chi connectivity index (χ0v) is 15.9. The summed E-state index contributed by atoms with van der Waals surface area (Å²) >= 11 is 0. The van der Waals surface area contributed by atoms with Crippen molar-refractivity contribution in [3.05, 3.63) is 58.6 Å². The molecule has 0 atom stereocenters. The molecule has 0 aliphatic rings. The molecule has 8 heteroatoms. The number of hydrogen-bond acceptors (Lipinski definition) is 6. The van der Waals surface area contributed by atoms with Gasteiger partial charge in [0.15, 0.2) is 11.5 Å². The number of amides is 1. The van der Waals surface area contributed by atoms with Crippen molar-refractivity contribution in [2.24, 2.45) is 0 Å². The van der Waals surface area contributed by atoms with E-state index in [1.165, 1.54) is 25.1 Å². The van der Waals surface area contributed by atoms with Crippen LogP contribution in [0, 0.1) is 0 Å². The Labute approximate surface area is 161 Å². The summed E-state index contributed by atoms with van der Waals surface area (Å²) in [4.78, 5) is 29.3. The van der Waals surface area contributed by atoms with Crippen molar-refractivity contribution in [2.75, 3.05) is 21.3 Å². The van der Waals surface area contributed by atoms with Crippen LogP contribution in [0.15, 0.2) is 47.5 Å². The van der Waals surface area contributed by atoms with Crippen LogP contribution in [0.1, 0.15) is 5.56 Å². The monoisotopic (exact) mass is 383 g/mol. The number of para-hydroxylation sites is 1. The molecule has 0 radical (unpaired) electrons. The fourth-order valence-corrected chi connectivity index (χ4v) is 2.85. The molecule has 1 amide bonds. The average Bonchev–Trinajstić information content (AvgIpc) is 2.73. The first-order valence-electron chi connectivity index (χ1n) is 8.57. The largest absolute Gasteiger partial charge is 0.496 e. The molecular formula is C20H21N3O5. The Morgan fingerprint density at radius 1 is 1.04 bits per heavy atom. The van der Waals surface area contributed by atoms with Gasteiger partial charge in [-0.1, -0.05) is 18.2 Å². The zero-order chi connectivity index (χ0) is 20.1. The van der Waals surface area contributed by atoms with Gasteiger partial charge in [-0.2, -0.15) is 0 Å². The molecule has 0 bridgehead atoms. The highest BCUT2D eigenvalue weighted by molar-refractivity contribution is 5.82. The molecule has 1 N–H and O–H groups in total. The molecule has 8 nitrogen and oxygen atoms in total. The van der Waals surface area contributed by atoms with E-state index in [4.69, 9.17) is 14.2 Å². The van der Waals surface area contributed by atoms with Crippen LogP contribution in [0.3, 0.4) is 0 Å². The van der Waals surface area contributed by atoms with Gasteiger partial charge in [0.1, 0.15) is 12.3 Å². The van der Waals surface area contributed by atoms with E-state index in [2.05, 4.69) is 10.3 Å². The molecule has 0 aliphatic carbocycles. The molecule has 2 aromatic carbocycles. The average molecular weight is 383 g/mol. The minimum Gasteiger partial charge on any atom is -0.496 e. The lowest BCUT2D eigenvalue weighted by atomic mass is 10.2. The Balaban J connectivity index is 1.79. The summed E-state index contributed by atoms with van der Waals surface area (Å²) in [5.41, 5.74) is 0.978. The number of rotatable bonds is 7. The van der Waals surface area contributed by atoms with Gasteiger partial charge in [0.2, 0.25) is 5.91 Å². The molecule has 3 rings (SSSR count). The SMILES string of the molecule is COc1ccccc1CNC(=O)Cn1cnc2cc(OC)c(OC)cc2c1=O. The summed E-state index contributed by atoms with van der Waals surface area (Å²) < 4.78 is 17.0. The van der Waals surface area contributed by atoms with Crippen LogP contribution in [0.25, 0.3) is 10.9 Å². The van der Waals surface area contributed by atoms with Gasteiger partial charge >= 0.3 is 0 Å². The Kier molecular flexibility index (Phi) is 5.78. The number of nitrogens with zero attached hydrogens (tertiary/aromatic N) is 2. The number of hydrogen-bond donors (Lipinski definition) is 1. The Morgan fingerprint density at radius 2 is 1.71 bits per heavy atom. The van der Waals surface area contributed by atoms with E-state index >= 15 is 0 Å². The number of carbonyl (C=O) groups is 1. The molecule has 0 saturated heterocycles. The van der Waals surface area contributed by atoms with Gasteiger partial charge in [0.05, 0.1) is 38.6 Å². The maximum absolute atomic E-state index is 12.7. The quantitative estimate of drug-likeness (QED) is 0.668. The summed E-state index contributed by atoms with van der Waals surface area (Å²) in [6.45, 7) is 0.148. The number of nitrogens with one attached hydrogen (secondary N) is 1. The van der Waals surface area contributed by atoms with E-state index < -0.39 is 0 Å². The van der Waals surface area contributed by atoms with Crippen molar-refractivity contribution in [3.63, 3.8) is 0 Å². The number of aromatic nitrogens is 2. The summed E-state index contributed by atoms with van der Waals surface area (Å²) in [5, 5.41) is 3.13.